The fourth-order valence-electron chi connectivity index (χ4n) is 1.22. The van der Waals surface area contributed by atoms with E-state index in [0.717, 1.165) is 31.0 Å². The van der Waals surface area contributed by atoms with Gasteiger partial charge in [0.25, 0.3) is 0 Å². The standard InChI is InChI=1S/C11H20N4/c1-4-7-12-8-10-5-6-11(15-14-10)13-9(2)3/h5-6,9,12H,4,7-8H2,1-3H3,(H,13,15). The van der Waals surface area contributed by atoms with E-state index in [0.29, 0.717) is 6.04 Å². The summed E-state index contributed by atoms with van der Waals surface area (Å²) in [5.41, 5.74) is 0.984. The minimum Gasteiger partial charge on any atom is -0.366 e. The van der Waals surface area contributed by atoms with Gasteiger partial charge >= 0.3 is 0 Å². The van der Waals surface area contributed by atoms with Crippen molar-refractivity contribution in [1.82, 2.24) is 15.5 Å². The SMILES string of the molecule is CCCNCc1ccc(NC(C)C)nn1. The highest BCUT2D eigenvalue weighted by Gasteiger charge is 1.98. The van der Waals surface area contributed by atoms with E-state index in [1.54, 1.807) is 0 Å². The lowest BCUT2D eigenvalue weighted by atomic mass is 10.3. The maximum Gasteiger partial charge on any atom is 0.148 e. The molecule has 1 rings (SSSR count). The molecule has 0 radical (unpaired) electrons. The van der Waals surface area contributed by atoms with E-state index in [9.17, 15) is 0 Å². The van der Waals surface area contributed by atoms with Crippen LogP contribution in [0.2, 0.25) is 0 Å². The molecule has 0 aliphatic carbocycles. The summed E-state index contributed by atoms with van der Waals surface area (Å²) >= 11 is 0. The molecule has 0 aromatic carbocycles. The third-order valence-electron chi connectivity index (χ3n) is 1.89. The lowest BCUT2D eigenvalue weighted by molar-refractivity contribution is 0.656. The molecule has 0 unspecified atom stereocenters. The van der Waals surface area contributed by atoms with Crippen LogP contribution in [0, 0.1) is 0 Å². The molecule has 1 heterocycles. The van der Waals surface area contributed by atoms with Crippen LogP contribution in [-0.4, -0.2) is 22.8 Å². The summed E-state index contributed by atoms with van der Waals surface area (Å²) in [5, 5.41) is 14.7. The van der Waals surface area contributed by atoms with Crippen molar-refractivity contribution < 1.29 is 0 Å². The zero-order chi connectivity index (χ0) is 11.1. The fourth-order valence-corrected chi connectivity index (χ4v) is 1.22. The molecule has 0 saturated carbocycles. The molecule has 0 saturated heterocycles. The van der Waals surface area contributed by atoms with Crippen molar-refractivity contribution >= 4 is 5.82 Å². The molecule has 84 valence electrons. The third kappa shape index (κ3) is 4.74. The molecule has 2 N–H and O–H groups in total. The van der Waals surface area contributed by atoms with Crippen molar-refractivity contribution in [1.29, 1.82) is 0 Å². The lowest BCUT2D eigenvalue weighted by Crippen LogP contribution is -2.16. The Morgan fingerprint density at radius 1 is 1.27 bits per heavy atom. The second kappa shape index (κ2) is 6.35. The minimum atomic E-state index is 0.392. The predicted molar refractivity (Wildman–Crippen MR) is 62.8 cm³/mol. The molecule has 15 heavy (non-hydrogen) atoms. The number of nitrogens with one attached hydrogen (secondary N) is 2. The first-order valence-corrected chi connectivity index (χ1v) is 5.52. The quantitative estimate of drug-likeness (QED) is 0.700. The largest absolute Gasteiger partial charge is 0.366 e. The van der Waals surface area contributed by atoms with E-state index in [-0.39, 0.29) is 0 Å². The van der Waals surface area contributed by atoms with Crippen LogP contribution in [0.4, 0.5) is 5.82 Å². The van der Waals surface area contributed by atoms with Crippen LogP contribution < -0.4 is 10.6 Å². The first-order chi connectivity index (χ1) is 7.22. The second-order valence-corrected chi connectivity index (χ2v) is 3.89. The molecular formula is C11H20N4. The molecule has 1 aromatic heterocycles. The number of aromatic nitrogens is 2. The molecule has 0 atom stereocenters. The molecule has 0 spiro atoms. The van der Waals surface area contributed by atoms with Gasteiger partial charge in [0.15, 0.2) is 0 Å². The molecule has 0 aliphatic heterocycles. The molecule has 0 fully saturated rings. The summed E-state index contributed by atoms with van der Waals surface area (Å²) in [6.07, 6.45) is 1.14. The first-order valence-electron chi connectivity index (χ1n) is 5.52. The summed E-state index contributed by atoms with van der Waals surface area (Å²) < 4.78 is 0. The minimum absolute atomic E-state index is 0.392. The molecule has 1 aromatic rings. The monoisotopic (exact) mass is 208 g/mol. The van der Waals surface area contributed by atoms with Crippen LogP contribution in [-0.2, 0) is 6.54 Å². The highest BCUT2D eigenvalue weighted by Crippen LogP contribution is 2.03. The predicted octanol–water partition coefficient (Wildman–Crippen LogP) is 1.80. The Hall–Kier alpha value is -1.16. The summed E-state index contributed by atoms with van der Waals surface area (Å²) in [6, 6.07) is 4.36. The van der Waals surface area contributed by atoms with E-state index in [1.165, 1.54) is 0 Å². The van der Waals surface area contributed by atoms with E-state index in [2.05, 4.69) is 41.6 Å². The van der Waals surface area contributed by atoms with Gasteiger partial charge in [0.05, 0.1) is 5.69 Å². The van der Waals surface area contributed by atoms with Crippen molar-refractivity contribution in [2.24, 2.45) is 0 Å². The van der Waals surface area contributed by atoms with Gasteiger partial charge in [0.1, 0.15) is 5.82 Å². The van der Waals surface area contributed by atoms with Gasteiger partial charge in [-0.05, 0) is 38.9 Å². The maximum atomic E-state index is 4.13. The van der Waals surface area contributed by atoms with Crippen LogP contribution in [0.5, 0.6) is 0 Å². The van der Waals surface area contributed by atoms with Gasteiger partial charge in [-0.15, -0.1) is 5.10 Å². The lowest BCUT2D eigenvalue weighted by Gasteiger charge is -2.08. The number of hydrogen-bond acceptors (Lipinski definition) is 4. The van der Waals surface area contributed by atoms with Crippen LogP contribution in [0.3, 0.4) is 0 Å². The Balaban J connectivity index is 2.42. The Morgan fingerprint density at radius 2 is 2.07 bits per heavy atom. The Bertz CT molecular complexity index is 268. The highest BCUT2D eigenvalue weighted by molar-refractivity contribution is 5.33. The summed E-state index contributed by atoms with van der Waals surface area (Å²) in [5.74, 6) is 0.837. The van der Waals surface area contributed by atoms with Crippen molar-refractivity contribution in [2.45, 2.75) is 39.8 Å². The smallest absolute Gasteiger partial charge is 0.148 e. The van der Waals surface area contributed by atoms with Gasteiger partial charge < -0.3 is 10.6 Å². The topological polar surface area (TPSA) is 49.8 Å². The van der Waals surface area contributed by atoms with Crippen molar-refractivity contribution in [2.75, 3.05) is 11.9 Å². The van der Waals surface area contributed by atoms with E-state index in [1.807, 2.05) is 12.1 Å². The van der Waals surface area contributed by atoms with Gasteiger partial charge in [-0.1, -0.05) is 6.92 Å². The van der Waals surface area contributed by atoms with Crippen LogP contribution in [0.25, 0.3) is 0 Å². The maximum absolute atomic E-state index is 4.13. The first kappa shape index (κ1) is 11.9. The average molecular weight is 208 g/mol. The average Bonchev–Trinajstić information content (AvgIpc) is 2.20. The fraction of sp³-hybridized carbons (Fsp3) is 0.636. The number of nitrogens with zero attached hydrogens (tertiary/aromatic N) is 2. The number of hydrogen-bond donors (Lipinski definition) is 2. The molecule has 0 aliphatic rings. The van der Waals surface area contributed by atoms with Gasteiger partial charge in [-0.3, -0.25) is 0 Å². The second-order valence-electron chi connectivity index (χ2n) is 3.89. The zero-order valence-electron chi connectivity index (χ0n) is 9.75. The van der Waals surface area contributed by atoms with Crippen molar-refractivity contribution in [3.63, 3.8) is 0 Å². The molecule has 0 amide bonds. The zero-order valence-corrected chi connectivity index (χ0v) is 9.75. The Morgan fingerprint density at radius 3 is 2.60 bits per heavy atom. The van der Waals surface area contributed by atoms with Crippen LogP contribution >= 0.6 is 0 Å². The van der Waals surface area contributed by atoms with E-state index >= 15 is 0 Å². The van der Waals surface area contributed by atoms with Gasteiger partial charge in [-0.25, -0.2) is 0 Å². The van der Waals surface area contributed by atoms with E-state index < -0.39 is 0 Å². The summed E-state index contributed by atoms with van der Waals surface area (Å²) in [6.45, 7) is 8.13. The number of rotatable bonds is 6. The summed E-state index contributed by atoms with van der Waals surface area (Å²) in [7, 11) is 0. The van der Waals surface area contributed by atoms with Gasteiger partial charge in [0.2, 0.25) is 0 Å². The molecule has 4 heteroatoms. The van der Waals surface area contributed by atoms with E-state index in [4.69, 9.17) is 0 Å². The van der Waals surface area contributed by atoms with Crippen LogP contribution in [0.15, 0.2) is 12.1 Å². The molecular weight excluding hydrogens is 188 g/mol. The van der Waals surface area contributed by atoms with Gasteiger partial charge in [0, 0.05) is 12.6 Å². The Kier molecular flexibility index (Phi) is 5.04. The van der Waals surface area contributed by atoms with Crippen molar-refractivity contribution in [3.05, 3.63) is 17.8 Å². The normalized spacial score (nSPS) is 10.7. The summed E-state index contributed by atoms with van der Waals surface area (Å²) in [4.78, 5) is 0. The Labute approximate surface area is 91.5 Å². The van der Waals surface area contributed by atoms with Gasteiger partial charge in [-0.2, -0.15) is 5.10 Å². The molecule has 4 nitrogen and oxygen atoms in total. The number of anilines is 1. The highest BCUT2D eigenvalue weighted by atomic mass is 15.2. The third-order valence-corrected chi connectivity index (χ3v) is 1.89. The van der Waals surface area contributed by atoms with Crippen molar-refractivity contribution in [3.8, 4) is 0 Å². The van der Waals surface area contributed by atoms with Crippen LogP contribution in [0.1, 0.15) is 32.9 Å². The molecule has 0 bridgehead atoms.